The van der Waals surface area contributed by atoms with Crippen LogP contribution in [0.1, 0.15) is 0 Å². The van der Waals surface area contributed by atoms with Crippen molar-refractivity contribution in [2.75, 3.05) is 45.9 Å². The van der Waals surface area contributed by atoms with Crippen molar-refractivity contribution in [2.24, 2.45) is 0 Å². The second kappa shape index (κ2) is 9.92. The van der Waals surface area contributed by atoms with Gasteiger partial charge in [-0.15, -0.1) is 0 Å². The number of hydrogen-bond donors (Lipinski definition) is 0. The van der Waals surface area contributed by atoms with Crippen LogP contribution in [0.3, 0.4) is 0 Å². The van der Waals surface area contributed by atoms with Gasteiger partial charge in [-0.2, -0.15) is 16.8 Å². The van der Waals surface area contributed by atoms with Crippen LogP contribution in [0.15, 0.2) is 0 Å². The van der Waals surface area contributed by atoms with Crippen molar-refractivity contribution < 1.29 is 38.5 Å². The molecule has 0 fully saturated rings. The second-order valence-electron chi connectivity index (χ2n) is 5.18. The maximum Gasteiger partial charge on any atom is 0.390 e. The molecule has 12 heteroatoms. The van der Waals surface area contributed by atoms with Crippen LogP contribution in [0.5, 0.6) is 0 Å². The highest BCUT2D eigenvalue weighted by Crippen LogP contribution is 2.09. The van der Waals surface area contributed by atoms with Crippen LogP contribution >= 0.6 is 0 Å². The Hall–Kier alpha value is -0.0831. The van der Waals surface area contributed by atoms with Gasteiger partial charge >= 0.3 is 10.4 Å². The summed E-state index contributed by atoms with van der Waals surface area (Å²) in [7, 11) is -9.66. The van der Waals surface area contributed by atoms with Crippen LogP contribution in [-0.4, -0.2) is 71.1 Å². The topological polar surface area (TPSA) is 114 Å². The molecule has 9 nitrogen and oxygen atoms in total. The first-order valence-corrected chi connectivity index (χ1v) is 13.1. The molecule has 134 valence electrons. The van der Waals surface area contributed by atoms with Gasteiger partial charge in [0, 0.05) is 0 Å². The second-order valence-corrected chi connectivity index (χ2v) is 12.8. The minimum Gasteiger partial charge on any atom is -0.377 e. The normalized spacial score (nSPS) is 13.5. The summed E-state index contributed by atoms with van der Waals surface area (Å²) < 4.78 is 68.1. The molecule has 0 radical (unpaired) electrons. The fourth-order valence-electron chi connectivity index (χ4n) is 1.09. The van der Waals surface area contributed by atoms with Crippen molar-refractivity contribution in [1.29, 1.82) is 0 Å². The third kappa shape index (κ3) is 16.3. The Morgan fingerprint density at radius 3 is 1.55 bits per heavy atom. The molecule has 0 aliphatic rings. The van der Waals surface area contributed by atoms with Gasteiger partial charge in [-0.1, -0.05) is 0 Å². The standard InChI is InChI=1S/C10H24O9S2Si/c1-20(11,12)17-9-7-15-5-6-16-8-10-18-21(13,14)19-22(2,3)4/h5-10H2,1-4H3. The van der Waals surface area contributed by atoms with Crippen molar-refractivity contribution in [3.8, 4) is 0 Å². The van der Waals surface area contributed by atoms with Gasteiger partial charge in [0.2, 0.25) is 8.32 Å². The van der Waals surface area contributed by atoms with Crippen LogP contribution in [-0.2, 0) is 42.2 Å². The predicted octanol–water partition coefficient (Wildman–Crippen LogP) is 0.109. The van der Waals surface area contributed by atoms with Gasteiger partial charge in [0.05, 0.1) is 45.9 Å². The summed E-state index contributed by atoms with van der Waals surface area (Å²) in [6.45, 7) is 5.61. The molecule has 0 bridgehead atoms. The largest absolute Gasteiger partial charge is 0.390 e. The third-order valence-corrected chi connectivity index (χ3v) is 5.57. The average Bonchev–Trinajstić information content (AvgIpc) is 2.26. The molecule has 0 saturated carbocycles. The molecule has 0 rings (SSSR count). The van der Waals surface area contributed by atoms with E-state index in [9.17, 15) is 16.8 Å². The molecule has 0 heterocycles. The van der Waals surface area contributed by atoms with Gasteiger partial charge < -0.3 is 9.47 Å². The minimum absolute atomic E-state index is 0.0613. The van der Waals surface area contributed by atoms with E-state index >= 15 is 0 Å². The Balaban J connectivity index is 3.51. The Morgan fingerprint density at radius 2 is 1.14 bits per heavy atom. The Bertz CT molecular complexity index is 495. The first-order valence-electron chi connectivity index (χ1n) is 6.51. The fraction of sp³-hybridized carbons (Fsp3) is 1.00. The van der Waals surface area contributed by atoms with E-state index in [1.165, 1.54) is 0 Å². The minimum atomic E-state index is -3.98. The smallest absolute Gasteiger partial charge is 0.377 e. The molecular weight excluding hydrogens is 356 g/mol. The molecular formula is C10H24O9S2Si. The summed E-state index contributed by atoms with van der Waals surface area (Å²) in [6, 6.07) is 0. The lowest BCUT2D eigenvalue weighted by atomic mass is 10.7. The molecule has 0 spiro atoms. The molecule has 0 aliphatic carbocycles. The van der Waals surface area contributed by atoms with Gasteiger partial charge in [-0.25, -0.2) is 4.18 Å². The molecule has 22 heavy (non-hydrogen) atoms. The average molecular weight is 381 g/mol. The molecule has 0 N–H and O–H groups in total. The summed E-state index contributed by atoms with van der Waals surface area (Å²) in [6.07, 6.45) is 0.954. The van der Waals surface area contributed by atoms with Gasteiger partial charge in [0.1, 0.15) is 0 Å². The van der Waals surface area contributed by atoms with Crippen molar-refractivity contribution in [3.05, 3.63) is 0 Å². The Morgan fingerprint density at radius 1 is 0.727 bits per heavy atom. The van der Waals surface area contributed by atoms with Crippen molar-refractivity contribution in [3.63, 3.8) is 0 Å². The van der Waals surface area contributed by atoms with E-state index in [0.717, 1.165) is 6.26 Å². The number of ether oxygens (including phenoxy) is 2. The first-order chi connectivity index (χ1) is 9.91. The van der Waals surface area contributed by atoms with Crippen LogP contribution in [0.4, 0.5) is 0 Å². The zero-order valence-corrected chi connectivity index (χ0v) is 15.9. The van der Waals surface area contributed by atoms with Crippen LogP contribution in [0, 0.1) is 0 Å². The highest BCUT2D eigenvalue weighted by molar-refractivity contribution is 7.86. The lowest BCUT2D eigenvalue weighted by molar-refractivity contribution is 0.0276. The van der Waals surface area contributed by atoms with E-state index in [1.807, 2.05) is 0 Å². The quantitative estimate of drug-likeness (QED) is 0.249. The maximum absolute atomic E-state index is 11.4. The predicted molar refractivity (Wildman–Crippen MR) is 81.7 cm³/mol. The first kappa shape index (κ1) is 21.9. The van der Waals surface area contributed by atoms with Crippen LogP contribution in [0.2, 0.25) is 19.6 Å². The highest BCUT2D eigenvalue weighted by atomic mass is 32.3. The van der Waals surface area contributed by atoms with E-state index in [0.29, 0.717) is 0 Å². The van der Waals surface area contributed by atoms with E-state index in [-0.39, 0.29) is 39.6 Å². The summed E-state index contributed by atoms with van der Waals surface area (Å²) >= 11 is 0. The van der Waals surface area contributed by atoms with E-state index in [1.54, 1.807) is 19.6 Å². The van der Waals surface area contributed by atoms with Gasteiger partial charge in [-0.3, -0.25) is 8.06 Å². The monoisotopic (exact) mass is 380 g/mol. The molecule has 0 aromatic carbocycles. The number of rotatable bonds is 13. The zero-order chi connectivity index (χ0) is 17.3. The zero-order valence-electron chi connectivity index (χ0n) is 13.2. The number of hydrogen-bond acceptors (Lipinski definition) is 9. The highest BCUT2D eigenvalue weighted by Gasteiger charge is 2.24. The molecule has 0 aliphatic heterocycles. The van der Waals surface area contributed by atoms with Crippen molar-refractivity contribution in [2.45, 2.75) is 19.6 Å². The van der Waals surface area contributed by atoms with Gasteiger partial charge in [0.25, 0.3) is 10.1 Å². The summed E-state index contributed by atoms with van der Waals surface area (Å²) in [4.78, 5) is 0. The van der Waals surface area contributed by atoms with Crippen molar-refractivity contribution >= 4 is 28.8 Å². The van der Waals surface area contributed by atoms with Gasteiger partial charge in [0.15, 0.2) is 0 Å². The van der Waals surface area contributed by atoms with Crippen LogP contribution < -0.4 is 0 Å². The Labute approximate surface area is 133 Å². The lowest BCUT2D eigenvalue weighted by Gasteiger charge is -2.16. The molecule has 0 atom stereocenters. The van der Waals surface area contributed by atoms with Crippen molar-refractivity contribution in [1.82, 2.24) is 0 Å². The van der Waals surface area contributed by atoms with E-state index < -0.39 is 28.8 Å². The third-order valence-electron chi connectivity index (χ3n) is 1.70. The summed E-state index contributed by atoms with van der Waals surface area (Å²) in [5.74, 6) is 0. The Kier molecular flexibility index (Phi) is 9.89. The van der Waals surface area contributed by atoms with Gasteiger partial charge in [-0.05, 0) is 19.6 Å². The molecule has 0 aromatic rings. The van der Waals surface area contributed by atoms with E-state index in [4.69, 9.17) is 13.3 Å². The SMILES string of the molecule is C[Si](C)(C)OS(=O)(=O)OCCOCCOCCOS(C)(=O)=O. The molecule has 0 amide bonds. The summed E-state index contributed by atoms with van der Waals surface area (Å²) in [5, 5.41) is 0. The molecule has 0 saturated heterocycles. The van der Waals surface area contributed by atoms with Crippen LogP contribution in [0.25, 0.3) is 0 Å². The fourth-order valence-corrected chi connectivity index (χ4v) is 4.38. The van der Waals surface area contributed by atoms with E-state index in [2.05, 4.69) is 8.37 Å². The lowest BCUT2D eigenvalue weighted by Crippen LogP contribution is -2.30. The molecule has 0 unspecified atom stereocenters. The maximum atomic E-state index is 11.4. The summed E-state index contributed by atoms with van der Waals surface area (Å²) in [5.41, 5.74) is 0. The molecule has 0 aromatic heterocycles.